The highest BCUT2D eigenvalue weighted by molar-refractivity contribution is 7.99. The minimum atomic E-state index is -0.527. The van der Waals surface area contributed by atoms with Gasteiger partial charge in [-0.15, -0.1) is 0 Å². The molecule has 1 aliphatic rings. The van der Waals surface area contributed by atoms with Crippen LogP contribution in [0.5, 0.6) is 0 Å². The van der Waals surface area contributed by atoms with Gasteiger partial charge in [-0.3, -0.25) is 14.6 Å². The number of carbonyl (C=O) groups is 2. The SMILES string of the molecule is CC1CN(c2cc(Cl)nc(SCC(=O)NCc3ccccn3)n2)CCN1C(=O)c1ccccc1F. The van der Waals surface area contributed by atoms with E-state index in [4.69, 9.17) is 11.6 Å². The third kappa shape index (κ3) is 6.46. The molecule has 0 bridgehead atoms. The largest absolute Gasteiger partial charge is 0.353 e. The van der Waals surface area contributed by atoms with Crippen LogP contribution in [0, 0.1) is 5.82 Å². The molecule has 182 valence electrons. The zero-order valence-electron chi connectivity index (χ0n) is 19.0. The molecule has 3 heterocycles. The van der Waals surface area contributed by atoms with Gasteiger partial charge in [0.1, 0.15) is 16.8 Å². The predicted octanol–water partition coefficient (Wildman–Crippen LogP) is 3.42. The van der Waals surface area contributed by atoms with Gasteiger partial charge >= 0.3 is 0 Å². The highest BCUT2D eigenvalue weighted by atomic mass is 35.5. The Morgan fingerprint density at radius 3 is 2.71 bits per heavy atom. The van der Waals surface area contributed by atoms with Crippen molar-refractivity contribution in [2.45, 2.75) is 24.7 Å². The molecule has 11 heteroatoms. The lowest BCUT2D eigenvalue weighted by molar-refractivity contribution is -0.118. The topological polar surface area (TPSA) is 91.3 Å². The van der Waals surface area contributed by atoms with E-state index in [1.165, 1.54) is 23.9 Å². The normalized spacial score (nSPS) is 15.7. The monoisotopic (exact) mass is 514 g/mol. The van der Waals surface area contributed by atoms with Gasteiger partial charge in [-0.2, -0.15) is 0 Å². The predicted molar refractivity (Wildman–Crippen MR) is 133 cm³/mol. The number of aromatic nitrogens is 3. The number of carbonyl (C=O) groups excluding carboxylic acids is 2. The Morgan fingerprint density at radius 2 is 1.97 bits per heavy atom. The van der Waals surface area contributed by atoms with Crippen molar-refractivity contribution < 1.29 is 14.0 Å². The second kappa shape index (κ2) is 11.5. The first-order valence-corrected chi connectivity index (χ1v) is 12.4. The van der Waals surface area contributed by atoms with E-state index < -0.39 is 5.82 Å². The summed E-state index contributed by atoms with van der Waals surface area (Å²) < 4.78 is 14.1. The summed E-state index contributed by atoms with van der Waals surface area (Å²) in [6.45, 7) is 3.67. The van der Waals surface area contributed by atoms with Crippen LogP contribution in [0.25, 0.3) is 0 Å². The molecule has 1 aromatic carbocycles. The summed E-state index contributed by atoms with van der Waals surface area (Å²) in [7, 11) is 0. The number of hydrogen-bond donors (Lipinski definition) is 1. The van der Waals surface area contributed by atoms with Crippen molar-refractivity contribution in [3.63, 3.8) is 0 Å². The second-order valence-corrected chi connectivity index (χ2v) is 9.32. The number of amides is 2. The summed E-state index contributed by atoms with van der Waals surface area (Å²) >= 11 is 7.42. The first-order chi connectivity index (χ1) is 16.9. The zero-order valence-corrected chi connectivity index (χ0v) is 20.6. The van der Waals surface area contributed by atoms with E-state index in [2.05, 4.69) is 20.3 Å². The molecule has 35 heavy (non-hydrogen) atoms. The minimum Gasteiger partial charge on any atom is -0.353 e. The quantitative estimate of drug-likeness (QED) is 0.293. The Balaban J connectivity index is 1.35. The summed E-state index contributed by atoms with van der Waals surface area (Å²) in [6, 6.07) is 13.0. The van der Waals surface area contributed by atoms with Crippen molar-refractivity contribution in [3.8, 4) is 0 Å². The fourth-order valence-corrected chi connectivity index (χ4v) is 4.65. The molecule has 4 rings (SSSR count). The Labute approximate surface area is 211 Å². The summed E-state index contributed by atoms with van der Waals surface area (Å²) in [5, 5.41) is 3.47. The van der Waals surface area contributed by atoms with Crippen LogP contribution in [0.1, 0.15) is 23.0 Å². The average Bonchev–Trinajstić information content (AvgIpc) is 2.86. The Bertz CT molecular complexity index is 1200. The molecule has 0 radical (unpaired) electrons. The molecule has 2 aromatic heterocycles. The van der Waals surface area contributed by atoms with Crippen LogP contribution in [-0.4, -0.2) is 63.1 Å². The van der Waals surface area contributed by atoms with E-state index in [1.807, 2.05) is 30.0 Å². The van der Waals surface area contributed by atoms with Gasteiger partial charge in [0.2, 0.25) is 5.91 Å². The lowest BCUT2D eigenvalue weighted by atomic mass is 10.1. The highest BCUT2D eigenvalue weighted by Crippen LogP contribution is 2.25. The Hall–Kier alpha value is -3.24. The van der Waals surface area contributed by atoms with E-state index in [0.717, 1.165) is 5.69 Å². The molecule has 0 saturated carbocycles. The molecular formula is C24H24ClFN6O2S. The van der Waals surface area contributed by atoms with Crippen molar-refractivity contribution in [1.29, 1.82) is 0 Å². The molecule has 1 N–H and O–H groups in total. The maximum atomic E-state index is 14.1. The number of pyridine rings is 1. The first-order valence-electron chi connectivity index (χ1n) is 11.0. The number of thioether (sulfide) groups is 1. The fraction of sp³-hybridized carbons (Fsp3) is 0.292. The zero-order chi connectivity index (χ0) is 24.8. The molecule has 2 amide bonds. The molecule has 0 spiro atoms. The van der Waals surface area contributed by atoms with Gasteiger partial charge in [0.05, 0.1) is 23.6 Å². The number of piperazine rings is 1. The number of benzene rings is 1. The fourth-order valence-electron chi connectivity index (χ4n) is 3.74. The van der Waals surface area contributed by atoms with Crippen LogP contribution in [0.3, 0.4) is 0 Å². The Morgan fingerprint density at radius 1 is 1.17 bits per heavy atom. The van der Waals surface area contributed by atoms with Crippen LogP contribution < -0.4 is 10.2 Å². The van der Waals surface area contributed by atoms with Gasteiger partial charge in [0.15, 0.2) is 5.16 Å². The number of rotatable bonds is 7. The third-order valence-corrected chi connectivity index (χ3v) is 6.54. The molecule has 1 saturated heterocycles. The van der Waals surface area contributed by atoms with Crippen LogP contribution in [0.15, 0.2) is 59.9 Å². The van der Waals surface area contributed by atoms with Gasteiger partial charge in [0, 0.05) is 37.9 Å². The standard InChI is InChI=1S/C24H24ClFN6O2S/c1-16-14-31(10-11-32(16)23(34)18-7-2-3-8-19(18)26)21-12-20(25)29-24(30-21)35-15-22(33)28-13-17-6-4-5-9-27-17/h2-9,12,16H,10-11,13-15H2,1H3,(H,28,33). The van der Waals surface area contributed by atoms with E-state index in [-0.39, 0.29) is 34.3 Å². The van der Waals surface area contributed by atoms with Crippen LogP contribution in [-0.2, 0) is 11.3 Å². The van der Waals surface area contributed by atoms with Crippen LogP contribution >= 0.6 is 23.4 Å². The maximum Gasteiger partial charge on any atom is 0.257 e. The van der Waals surface area contributed by atoms with Gasteiger partial charge in [-0.25, -0.2) is 14.4 Å². The maximum absolute atomic E-state index is 14.1. The van der Waals surface area contributed by atoms with Gasteiger partial charge in [-0.1, -0.05) is 41.6 Å². The molecular weight excluding hydrogens is 491 g/mol. The van der Waals surface area contributed by atoms with Crippen molar-refractivity contribution >= 4 is 41.0 Å². The van der Waals surface area contributed by atoms with Crippen LogP contribution in [0.2, 0.25) is 5.15 Å². The molecule has 8 nitrogen and oxygen atoms in total. The highest BCUT2D eigenvalue weighted by Gasteiger charge is 2.30. The molecule has 1 unspecified atom stereocenters. The molecule has 1 fully saturated rings. The summed E-state index contributed by atoms with van der Waals surface area (Å²) in [4.78, 5) is 41.7. The van der Waals surface area contributed by atoms with Gasteiger partial charge in [0.25, 0.3) is 5.91 Å². The summed E-state index contributed by atoms with van der Waals surface area (Å²) in [5.74, 6) is -0.274. The van der Waals surface area contributed by atoms with E-state index >= 15 is 0 Å². The smallest absolute Gasteiger partial charge is 0.257 e. The molecule has 3 aromatic rings. The lowest BCUT2D eigenvalue weighted by Gasteiger charge is -2.40. The van der Waals surface area contributed by atoms with E-state index in [9.17, 15) is 14.0 Å². The van der Waals surface area contributed by atoms with Gasteiger partial charge in [-0.05, 0) is 31.2 Å². The van der Waals surface area contributed by atoms with Gasteiger partial charge < -0.3 is 15.1 Å². The van der Waals surface area contributed by atoms with Crippen molar-refractivity contribution in [2.75, 3.05) is 30.3 Å². The summed E-state index contributed by atoms with van der Waals surface area (Å²) in [5.41, 5.74) is 0.840. The number of anilines is 1. The number of nitrogens with one attached hydrogen (secondary N) is 1. The molecule has 1 aliphatic heterocycles. The summed E-state index contributed by atoms with van der Waals surface area (Å²) in [6.07, 6.45) is 1.67. The van der Waals surface area contributed by atoms with Crippen molar-refractivity contribution in [2.24, 2.45) is 0 Å². The first kappa shape index (κ1) is 24.9. The average molecular weight is 515 g/mol. The number of hydrogen-bond acceptors (Lipinski definition) is 7. The molecule has 0 aliphatic carbocycles. The van der Waals surface area contributed by atoms with Crippen molar-refractivity contribution in [1.82, 2.24) is 25.2 Å². The number of halogens is 2. The number of nitrogens with zero attached hydrogens (tertiary/aromatic N) is 5. The van der Waals surface area contributed by atoms with E-state index in [0.29, 0.717) is 37.2 Å². The van der Waals surface area contributed by atoms with Crippen LogP contribution in [0.4, 0.5) is 10.2 Å². The van der Waals surface area contributed by atoms with E-state index in [1.54, 1.807) is 29.3 Å². The molecule has 1 atom stereocenters. The van der Waals surface area contributed by atoms with Crippen molar-refractivity contribution in [3.05, 3.63) is 77.0 Å². The Kier molecular flexibility index (Phi) is 8.14. The minimum absolute atomic E-state index is 0.0675. The third-order valence-electron chi connectivity index (χ3n) is 5.50. The lowest BCUT2D eigenvalue weighted by Crippen LogP contribution is -2.54. The second-order valence-electron chi connectivity index (χ2n) is 7.99.